The molecule has 3 heteroatoms. The lowest BCUT2D eigenvalue weighted by molar-refractivity contribution is -0.132. The van der Waals surface area contributed by atoms with Crippen LogP contribution in [0.2, 0.25) is 0 Å². The van der Waals surface area contributed by atoms with Gasteiger partial charge in [-0.05, 0) is 68.2 Å². The van der Waals surface area contributed by atoms with Crippen molar-refractivity contribution < 1.29 is 9.59 Å². The molecule has 0 aromatic rings. The minimum absolute atomic E-state index is 0.0686. The van der Waals surface area contributed by atoms with Crippen LogP contribution in [0, 0.1) is 28.6 Å². The van der Waals surface area contributed by atoms with Crippen molar-refractivity contribution in [2.45, 2.75) is 64.7 Å². The maximum Gasteiger partial charge on any atom is 0.139 e. The zero-order valence-corrected chi connectivity index (χ0v) is 14.3. The van der Waals surface area contributed by atoms with Gasteiger partial charge in [-0.2, -0.15) is 0 Å². The predicted octanol–water partition coefficient (Wildman–Crippen LogP) is 3.42. The third kappa shape index (κ3) is 2.05. The van der Waals surface area contributed by atoms with E-state index in [1.165, 1.54) is 5.57 Å². The van der Waals surface area contributed by atoms with E-state index in [4.69, 9.17) is 5.73 Å². The molecule has 0 bridgehead atoms. The number of allylic oxidation sites excluding steroid dienone is 2. The van der Waals surface area contributed by atoms with Crippen molar-refractivity contribution in [1.82, 2.24) is 0 Å². The second-order valence-electron chi connectivity index (χ2n) is 8.67. The Balaban J connectivity index is 1.73. The highest BCUT2D eigenvalue weighted by molar-refractivity contribution is 5.87. The molecule has 0 radical (unpaired) electrons. The van der Waals surface area contributed by atoms with Crippen molar-refractivity contribution in [3.63, 3.8) is 0 Å². The van der Waals surface area contributed by atoms with Gasteiger partial charge in [0.25, 0.3) is 0 Å². The fourth-order valence-corrected chi connectivity index (χ4v) is 6.78. The molecule has 0 heterocycles. The van der Waals surface area contributed by atoms with Crippen LogP contribution in [0.1, 0.15) is 64.7 Å². The van der Waals surface area contributed by atoms with E-state index in [1.54, 1.807) is 0 Å². The number of ketones is 2. The highest BCUT2D eigenvalue weighted by Crippen LogP contribution is 2.64. The summed E-state index contributed by atoms with van der Waals surface area (Å²) in [5.74, 6) is 2.73. The first-order valence-electron chi connectivity index (χ1n) is 9.46. The van der Waals surface area contributed by atoms with Gasteiger partial charge in [0, 0.05) is 24.7 Å². The molecule has 23 heavy (non-hydrogen) atoms. The molecule has 0 aromatic heterocycles. The van der Waals surface area contributed by atoms with Crippen LogP contribution in [-0.2, 0) is 9.59 Å². The van der Waals surface area contributed by atoms with Crippen molar-refractivity contribution in [2.24, 2.45) is 34.3 Å². The van der Waals surface area contributed by atoms with Gasteiger partial charge in [-0.3, -0.25) is 9.59 Å². The Kier molecular flexibility index (Phi) is 3.57. The molecule has 1 unspecified atom stereocenters. The summed E-state index contributed by atoms with van der Waals surface area (Å²) in [5, 5.41) is 0. The summed E-state index contributed by atoms with van der Waals surface area (Å²) in [6.45, 7) is 2.93. The van der Waals surface area contributed by atoms with E-state index in [0.29, 0.717) is 42.3 Å². The van der Waals surface area contributed by atoms with Gasteiger partial charge in [0.1, 0.15) is 11.6 Å². The number of Topliss-reactive ketones (excluding diaryl/α,β-unsaturated/α-hetero) is 2. The van der Waals surface area contributed by atoms with Gasteiger partial charge in [0.2, 0.25) is 0 Å². The molecule has 126 valence electrons. The normalized spacial score (nSPS) is 46.0. The number of rotatable bonds is 2. The van der Waals surface area contributed by atoms with Crippen LogP contribution >= 0.6 is 0 Å². The van der Waals surface area contributed by atoms with E-state index in [2.05, 4.69) is 13.0 Å². The summed E-state index contributed by atoms with van der Waals surface area (Å²) in [7, 11) is 0. The largest absolute Gasteiger partial charge is 0.330 e. The molecular formula is C20H29NO2. The molecule has 4 aliphatic carbocycles. The molecule has 3 fully saturated rings. The van der Waals surface area contributed by atoms with E-state index in [-0.39, 0.29) is 10.8 Å². The highest BCUT2D eigenvalue weighted by atomic mass is 16.1. The SMILES string of the molecule is C[C@]12CC[C@H]3[C@@H](CC=C4CC(=O)CCC43CCN)[C@@H]1CCC2=O. The number of hydrogen-bond acceptors (Lipinski definition) is 3. The Morgan fingerprint density at radius 2 is 2.00 bits per heavy atom. The second kappa shape index (κ2) is 5.27. The lowest BCUT2D eigenvalue weighted by atomic mass is 9.47. The van der Waals surface area contributed by atoms with Crippen LogP contribution in [-0.4, -0.2) is 18.1 Å². The number of fused-ring (bicyclic) bond motifs is 5. The molecule has 0 aliphatic heterocycles. The van der Waals surface area contributed by atoms with Gasteiger partial charge in [0.05, 0.1) is 0 Å². The topological polar surface area (TPSA) is 60.2 Å². The average Bonchev–Trinajstić information content (AvgIpc) is 2.84. The Hall–Kier alpha value is -0.960. The number of nitrogens with two attached hydrogens (primary N) is 1. The first-order chi connectivity index (χ1) is 11.0. The standard InChI is InChI=1S/C20H29NO2/c1-19-8-7-17-15(16(19)4-5-18(19)23)3-2-13-12-14(22)6-9-20(13,17)10-11-21/h2,15-17H,3-12,21H2,1H3/t15-,16-,17-,19-,20?/m0/s1. The summed E-state index contributed by atoms with van der Waals surface area (Å²) in [6, 6.07) is 0. The summed E-state index contributed by atoms with van der Waals surface area (Å²) >= 11 is 0. The molecule has 4 aliphatic rings. The van der Waals surface area contributed by atoms with Crippen molar-refractivity contribution in [3.05, 3.63) is 11.6 Å². The third-order valence-electron chi connectivity index (χ3n) is 7.96. The van der Waals surface area contributed by atoms with Gasteiger partial charge in [-0.25, -0.2) is 0 Å². The molecule has 3 saturated carbocycles. The number of carbonyl (C=O) groups is 2. The molecule has 0 saturated heterocycles. The zero-order chi connectivity index (χ0) is 16.2. The summed E-state index contributed by atoms with van der Waals surface area (Å²) in [6.07, 6.45) is 10.9. The lowest BCUT2D eigenvalue weighted by Gasteiger charge is -2.57. The first-order valence-corrected chi connectivity index (χ1v) is 9.46. The van der Waals surface area contributed by atoms with Gasteiger partial charge < -0.3 is 5.73 Å². The van der Waals surface area contributed by atoms with Gasteiger partial charge in [0.15, 0.2) is 0 Å². The Morgan fingerprint density at radius 3 is 2.78 bits per heavy atom. The molecule has 4 rings (SSSR count). The van der Waals surface area contributed by atoms with Crippen LogP contribution in [0.15, 0.2) is 11.6 Å². The van der Waals surface area contributed by atoms with Crippen molar-refractivity contribution >= 4 is 11.6 Å². The van der Waals surface area contributed by atoms with Gasteiger partial charge in [-0.1, -0.05) is 18.6 Å². The minimum Gasteiger partial charge on any atom is -0.330 e. The number of carbonyl (C=O) groups excluding carboxylic acids is 2. The molecule has 0 aromatic carbocycles. The molecular weight excluding hydrogens is 286 g/mol. The zero-order valence-electron chi connectivity index (χ0n) is 14.3. The van der Waals surface area contributed by atoms with Crippen LogP contribution in [0.25, 0.3) is 0 Å². The Labute approximate surface area is 139 Å². The van der Waals surface area contributed by atoms with E-state index in [1.807, 2.05) is 0 Å². The van der Waals surface area contributed by atoms with E-state index >= 15 is 0 Å². The van der Waals surface area contributed by atoms with Crippen LogP contribution in [0.4, 0.5) is 0 Å². The molecule has 5 atom stereocenters. The second-order valence-corrected chi connectivity index (χ2v) is 8.67. The van der Waals surface area contributed by atoms with Crippen LogP contribution in [0.5, 0.6) is 0 Å². The van der Waals surface area contributed by atoms with Gasteiger partial charge in [-0.15, -0.1) is 0 Å². The summed E-state index contributed by atoms with van der Waals surface area (Å²) in [5.41, 5.74) is 7.50. The highest BCUT2D eigenvalue weighted by Gasteiger charge is 2.59. The molecule has 3 nitrogen and oxygen atoms in total. The smallest absolute Gasteiger partial charge is 0.139 e. The maximum atomic E-state index is 12.5. The van der Waals surface area contributed by atoms with Crippen molar-refractivity contribution in [1.29, 1.82) is 0 Å². The number of hydrogen-bond donors (Lipinski definition) is 1. The monoisotopic (exact) mass is 315 g/mol. The lowest BCUT2D eigenvalue weighted by Crippen LogP contribution is -2.51. The third-order valence-corrected chi connectivity index (χ3v) is 7.96. The van der Waals surface area contributed by atoms with E-state index in [9.17, 15) is 9.59 Å². The van der Waals surface area contributed by atoms with Gasteiger partial charge >= 0.3 is 0 Å². The van der Waals surface area contributed by atoms with E-state index < -0.39 is 0 Å². The summed E-state index contributed by atoms with van der Waals surface area (Å²) in [4.78, 5) is 24.4. The predicted molar refractivity (Wildman–Crippen MR) is 89.7 cm³/mol. The summed E-state index contributed by atoms with van der Waals surface area (Å²) < 4.78 is 0. The Bertz CT molecular complexity index is 580. The van der Waals surface area contributed by atoms with Crippen LogP contribution < -0.4 is 5.73 Å². The minimum atomic E-state index is -0.0686. The fraction of sp³-hybridized carbons (Fsp3) is 0.800. The van der Waals surface area contributed by atoms with Crippen LogP contribution in [0.3, 0.4) is 0 Å². The maximum absolute atomic E-state index is 12.5. The Morgan fingerprint density at radius 1 is 1.17 bits per heavy atom. The molecule has 2 N–H and O–H groups in total. The van der Waals surface area contributed by atoms with Crippen molar-refractivity contribution in [2.75, 3.05) is 6.54 Å². The molecule has 0 spiro atoms. The first kappa shape index (κ1) is 15.6. The van der Waals surface area contributed by atoms with Crippen molar-refractivity contribution in [3.8, 4) is 0 Å². The molecule has 0 amide bonds. The average molecular weight is 315 g/mol. The fourth-order valence-electron chi connectivity index (χ4n) is 6.78. The van der Waals surface area contributed by atoms with E-state index in [0.717, 1.165) is 51.4 Å². The quantitative estimate of drug-likeness (QED) is 0.794.